The van der Waals surface area contributed by atoms with Gasteiger partial charge in [-0.05, 0) is 43.5 Å². The van der Waals surface area contributed by atoms with Crippen LogP contribution in [0.3, 0.4) is 0 Å². The lowest BCUT2D eigenvalue weighted by atomic mass is 9.92. The highest BCUT2D eigenvalue weighted by Gasteiger charge is 2.68. The van der Waals surface area contributed by atoms with Crippen LogP contribution >= 0.6 is 0 Å². The van der Waals surface area contributed by atoms with Crippen LogP contribution < -0.4 is 5.32 Å². The lowest BCUT2D eigenvalue weighted by Crippen LogP contribution is -2.56. The number of hydrogen-bond donors (Lipinski definition) is 2. The Kier molecular flexibility index (Phi) is 3.93. The Bertz CT molecular complexity index is 985. The maximum absolute atomic E-state index is 15.1. The van der Waals surface area contributed by atoms with E-state index in [1.807, 2.05) is 5.32 Å². The average molecular weight is 385 g/mol. The molecule has 12 heteroatoms. The van der Waals surface area contributed by atoms with E-state index in [0.29, 0.717) is 0 Å². The quantitative estimate of drug-likeness (QED) is 0.458. The largest absolute Gasteiger partial charge is 0.465 e. The van der Waals surface area contributed by atoms with Gasteiger partial charge in [-0.15, -0.1) is 0 Å². The Morgan fingerprint density at radius 1 is 1.50 bits per heavy atom. The van der Waals surface area contributed by atoms with Crippen molar-refractivity contribution in [2.45, 2.75) is 35.6 Å². The van der Waals surface area contributed by atoms with Gasteiger partial charge >= 0.3 is 6.09 Å². The van der Waals surface area contributed by atoms with Crippen molar-refractivity contribution in [3.63, 3.8) is 0 Å². The van der Waals surface area contributed by atoms with E-state index in [4.69, 9.17) is 10.6 Å². The number of hydrogen-bond acceptors (Lipinski definition) is 5. The molecule has 1 aromatic carbocycles. The molecule has 0 bridgehead atoms. The zero-order valence-electron chi connectivity index (χ0n) is 13.3. The van der Waals surface area contributed by atoms with Gasteiger partial charge in [0.1, 0.15) is 21.9 Å². The summed E-state index contributed by atoms with van der Waals surface area (Å²) in [5.41, 5.74) is 3.12. The van der Waals surface area contributed by atoms with Crippen LogP contribution in [-0.4, -0.2) is 35.7 Å². The molecule has 1 unspecified atom stereocenters. The first-order chi connectivity index (χ1) is 12.1. The number of amidine groups is 1. The number of nitrogens with zero attached hydrogens (tertiary/aromatic N) is 4. The summed E-state index contributed by atoms with van der Waals surface area (Å²) >= 11 is 0. The first-order valence-electron chi connectivity index (χ1n) is 7.41. The van der Waals surface area contributed by atoms with Gasteiger partial charge in [0.15, 0.2) is 9.84 Å². The number of aliphatic imine (C=N–C) groups is 1. The SMILES string of the molecule is C[C@]1(c2cc(N=[N+]=[N-])ccc2F)N=C(NC(=O)O)C2(CC2)S(=O)(=O)C1F. The van der Waals surface area contributed by atoms with Gasteiger partial charge in [0.2, 0.25) is 5.50 Å². The highest BCUT2D eigenvalue weighted by molar-refractivity contribution is 7.94. The van der Waals surface area contributed by atoms with E-state index < -0.39 is 48.9 Å². The summed E-state index contributed by atoms with van der Waals surface area (Å²) in [6, 6.07) is 3.02. The second-order valence-corrected chi connectivity index (χ2v) is 8.53. The molecule has 9 nitrogen and oxygen atoms in total. The van der Waals surface area contributed by atoms with Crippen LogP contribution in [0.25, 0.3) is 10.4 Å². The number of nitrogens with one attached hydrogen (secondary N) is 1. The minimum atomic E-state index is -4.51. The van der Waals surface area contributed by atoms with Crippen LogP contribution in [0, 0.1) is 5.82 Å². The number of amides is 1. The standard InChI is InChI=1S/C14H13F2N5O4S/c1-13(8-6-7(20-21-17)2-3-9(8)15)10(16)26(24,25)14(4-5-14)11(19-13)18-12(22)23/h2-3,6,10H,4-5H2,1H3,(H,18,19)(H,22,23)/t10?,13-/m1/s1. The fourth-order valence-corrected chi connectivity index (χ4v) is 5.31. The van der Waals surface area contributed by atoms with Crippen LogP contribution in [0.4, 0.5) is 19.3 Å². The van der Waals surface area contributed by atoms with E-state index >= 15 is 4.39 Å². The van der Waals surface area contributed by atoms with Crippen LogP contribution in [0.1, 0.15) is 25.3 Å². The summed E-state index contributed by atoms with van der Waals surface area (Å²) in [6.07, 6.45) is -1.52. The monoisotopic (exact) mass is 385 g/mol. The predicted molar refractivity (Wildman–Crippen MR) is 86.9 cm³/mol. The molecule has 0 radical (unpaired) electrons. The molecule has 3 rings (SSSR count). The molecule has 1 aromatic rings. The molecular formula is C14H13F2N5O4S. The topological polar surface area (TPSA) is 145 Å². The molecular weight excluding hydrogens is 372 g/mol. The van der Waals surface area contributed by atoms with E-state index in [2.05, 4.69) is 15.0 Å². The number of azide groups is 1. The number of rotatable bonds is 2. The smallest absolute Gasteiger partial charge is 0.410 e. The Morgan fingerprint density at radius 2 is 2.15 bits per heavy atom. The molecule has 1 aliphatic heterocycles. The van der Waals surface area contributed by atoms with Crippen molar-refractivity contribution >= 4 is 27.5 Å². The summed E-state index contributed by atoms with van der Waals surface area (Å²) in [5.74, 6) is -1.40. The third-order valence-corrected chi connectivity index (χ3v) is 7.31. The van der Waals surface area contributed by atoms with Crippen molar-refractivity contribution in [3.8, 4) is 0 Å². The van der Waals surface area contributed by atoms with Crippen molar-refractivity contribution in [3.05, 3.63) is 40.0 Å². The highest BCUT2D eigenvalue weighted by atomic mass is 32.2. The molecule has 26 heavy (non-hydrogen) atoms. The molecule has 1 spiro atoms. The zero-order chi connectivity index (χ0) is 19.3. The van der Waals surface area contributed by atoms with Crippen molar-refractivity contribution in [1.82, 2.24) is 5.32 Å². The normalized spacial score (nSPS) is 28.0. The molecule has 1 fully saturated rings. The Morgan fingerprint density at radius 3 is 2.69 bits per heavy atom. The average Bonchev–Trinajstić information content (AvgIpc) is 3.36. The van der Waals surface area contributed by atoms with Gasteiger partial charge in [-0.2, -0.15) is 0 Å². The van der Waals surface area contributed by atoms with E-state index in [-0.39, 0.29) is 18.5 Å². The lowest BCUT2D eigenvalue weighted by molar-refractivity contribution is 0.199. The molecule has 0 aromatic heterocycles. The van der Waals surface area contributed by atoms with Crippen LogP contribution in [0.15, 0.2) is 28.3 Å². The Balaban J connectivity index is 2.26. The summed E-state index contributed by atoms with van der Waals surface area (Å²) in [7, 11) is -4.51. The molecule has 2 aliphatic rings. The first kappa shape index (κ1) is 18.1. The second kappa shape index (κ2) is 5.64. The van der Waals surface area contributed by atoms with Gasteiger partial charge in [0, 0.05) is 16.2 Å². The minimum Gasteiger partial charge on any atom is -0.465 e. The molecule has 1 saturated carbocycles. The molecule has 0 saturated heterocycles. The summed E-state index contributed by atoms with van der Waals surface area (Å²) < 4.78 is 53.1. The number of benzene rings is 1. The minimum absolute atomic E-state index is 0.0200. The molecule has 2 N–H and O–H groups in total. The molecule has 1 amide bonds. The van der Waals surface area contributed by atoms with Crippen molar-refractivity contribution in [2.75, 3.05) is 0 Å². The maximum atomic E-state index is 15.1. The van der Waals surface area contributed by atoms with Gasteiger partial charge in [-0.3, -0.25) is 10.3 Å². The fourth-order valence-electron chi connectivity index (χ4n) is 3.10. The zero-order valence-corrected chi connectivity index (χ0v) is 14.2. The van der Waals surface area contributed by atoms with Crippen LogP contribution in [-0.2, 0) is 15.4 Å². The molecule has 1 heterocycles. The summed E-state index contributed by atoms with van der Waals surface area (Å²) in [4.78, 5) is 17.5. The second-order valence-electron chi connectivity index (χ2n) is 6.25. The van der Waals surface area contributed by atoms with E-state index in [1.165, 1.54) is 0 Å². The fraction of sp³-hybridized carbons (Fsp3) is 0.429. The number of sulfone groups is 1. The third kappa shape index (κ3) is 2.41. The number of alkyl halides is 1. The number of halogens is 2. The van der Waals surface area contributed by atoms with Crippen LogP contribution in [0.2, 0.25) is 0 Å². The Labute approximate surface area is 146 Å². The summed E-state index contributed by atoms with van der Waals surface area (Å²) in [5, 5.41) is 14.2. The van der Waals surface area contributed by atoms with Gasteiger partial charge in [-0.25, -0.2) is 22.0 Å². The predicted octanol–water partition coefficient (Wildman–Crippen LogP) is 2.91. The molecule has 1 aliphatic carbocycles. The highest BCUT2D eigenvalue weighted by Crippen LogP contribution is 2.54. The third-order valence-electron chi connectivity index (χ3n) is 4.62. The van der Waals surface area contributed by atoms with Crippen LogP contribution in [0.5, 0.6) is 0 Å². The van der Waals surface area contributed by atoms with Gasteiger partial charge in [0.05, 0.1) is 0 Å². The van der Waals surface area contributed by atoms with Gasteiger partial charge in [-0.1, -0.05) is 5.11 Å². The van der Waals surface area contributed by atoms with E-state index in [1.54, 1.807) is 0 Å². The number of carbonyl (C=O) groups is 1. The molecule has 138 valence electrons. The van der Waals surface area contributed by atoms with Gasteiger partial charge < -0.3 is 5.11 Å². The van der Waals surface area contributed by atoms with Crippen molar-refractivity contribution in [1.29, 1.82) is 0 Å². The Hall–Kier alpha value is -2.72. The lowest BCUT2D eigenvalue weighted by Gasteiger charge is -2.38. The van der Waals surface area contributed by atoms with Crippen molar-refractivity contribution < 1.29 is 27.1 Å². The first-order valence-corrected chi connectivity index (χ1v) is 8.96. The van der Waals surface area contributed by atoms with E-state index in [0.717, 1.165) is 25.1 Å². The van der Waals surface area contributed by atoms with Gasteiger partial charge in [0.25, 0.3) is 0 Å². The maximum Gasteiger partial charge on any atom is 0.410 e. The number of carboxylic acid groups (broad SMARTS) is 1. The van der Waals surface area contributed by atoms with Crippen molar-refractivity contribution in [2.24, 2.45) is 10.1 Å². The van der Waals surface area contributed by atoms with E-state index in [9.17, 15) is 17.6 Å². The molecule has 2 atom stereocenters. The summed E-state index contributed by atoms with van der Waals surface area (Å²) in [6.45, 7) is 1.05.